The molecule has 2 heterocycles. The zero-order valence-electron chi connectivity index (χ0n) is 17.5. The van der Waals surface area contributed by atoms with Crippen molar-refractivity contribution in [2.45, 2.75) is 6.54 Å². The zero-order valence-corrected chi connectivity index (χ0v) is 17.5. The van der Waals surface area contributed by atoms with E-state index in [0.717, 1.165) is 55.2 Å². The standard InChI is InChI=1S/C26H24N2O3/c1-30-26(29)25-4-2-3-24(27-25)23-13-11-21(12-14-23)6-5-20-7-9-22(10-8-20)19-28-15-17-31-18-16-28/h2-4,7-14H,15-19H2,1H3. The average molecular weight is 412 g/mol. The lowest BCUT2D eigenvalue weighted by atomic mass is 10.1. The van der Waals surface area contributed by atoms with Gasteiger partial charge < -0.3 is 9.47 Å². The van der Waals surface area contributed by atoms with Crippen LogP contribution >= 0.6 is 0 Å². The summed E-state index contributed by atoms with van der Waals surface area (Å²) in [5, 5.41) is 0. The normalized spacial score (nSPS) is 13.8. The van der Waals surface area contributed by atoms with Crippen LogP contribution in [0.25, 0.3) is 11.3 Å². The Hall–Kier alpha value is -3.46. The number of aromatic nitrogens is 1. The van der Waals surface area contributed by atoms with E-state index in [9.17, 15) is 4.79 Å². The predicted octanol–water partition coefficient (Wildman–Crippen LogP) is 3.77. The topological polar surface area (TPSA) is 51.7 Å². The van der Waals surface area contributed by atoms with Gasteiger partial charge in [-0.3, -0.25) is 4.90 Å². The van der Waals surface area contributed by atoms with Gasteiger partial charge in [0.05, 0.1) is 26.0 Å². The fraction of sp³-hybridized carbons (Fsp3) is 0.231. The number of morpholine rings is 1. The maximum absolute atomic E-state index is 11.7. The molecule has 0 spiro atoms. The van der Waals surface area contributed by atoms with Gasteiger partial charge in [-0.05, 0) is 42.0 Å². The molecular formula is C26H24N2O3. The van der Waals surface area contributed by atoms with Crippen LogP contribution in [0.4, 0.5) is 0 Å². The molecule has 5 nitrogen and oxygen atoms in total. The van der Waals surface area contributed by atoms with Crippen molar-refractivity contribution in [3.8, 4) is 23.1 Å². The number of benzene rings is 2. The van der Waals surface area contributed by atoms with Gasteiger partial charge in [0.2, 0.25) is 0 Å². The highest BCUT2D eigenvalue weighted by atomic mass is 16.5. The van der Waals surface area contributed by atoms with E-state index in [2.05, 4.69) is 46.0 Å². The number of esters is 1. The van der Waals surface area contributed by atoms with Crippen LogP contribution in [0.3, 0.4) is 0 Å². The lowest BCUT2D eigenvalue weighted by Crippen LogP contribution is -2.35. The van der Waals surface area contributed by atoms with Crippen LogP contribution in [-0.4, -0.2) is 49.3 Å². The van der Waals surface area contributed by atoms with E-state index in [4.69, 9.17) is 9.47 Å². The van der Waals surface area contributed by atoms with Crippen molar-refractivity contribution >= 4 is 5.97 Å². The summed E-state index contributed by atoms with van der Waals surface area (Å²) in [5.41, 5.74) is 5.13. The van der Waals surface area contributed by atoms with E-state index >= 15 is 0 Å². The van der Waals surface area contributed by atoms with Crippen molar-refractivity contribution in [2.75, 3.05) is 33.4 Å². The molecule has 1 aliphatic heterocycles. The first kappa shape index (κ1) is 20.8. The maximum Gasteiger partial charge on any atom is 0.356 e. The second-order valence-electron chi connectivity index (χ2n) is 7.31. The lowest BCUT2D eigenvalue weighted by Gasteiger charge is -2.26. The number of ether oxygens (including phenoxy) is 2. The predicted molar refractivity (Wildman–Crippen MR) is 120 cm³/mol. The minimum atomic E-state index is -0.444. The molecule has 0 atom stereocenters. The van der Waals surface area contributed by atoms with Gasteiger partial charge in [0.15, 0.2) is 0 Å². The molecule has 0 amide bonds. The molecule has 1 aliphatic rings. The molecule has 0 N–H and O–H groups in total. The molecule has 1 saturated heterocycles. The third kappa shape index (κ3) is 5.58. The van der Waals surface area contributed by atoms with Crippen molar-refractivity contribution in [1.29, 1.82) is 0 Å². The van der Waals surface area contributed by atoms with Crippen molar-refractivity contribution in [1.82, 2.24) is 9.88 Å². The first-order valence-corrected chi connectivity index (χ1v) is 10.3. The van der Waals surface area contributed by atoms with Gasteiger partial charge in [-0.25, -0.2) is 9.78 Å². The first-order valence-electron chi connectivity index (χ1n) is 10.3. The van der Waals surface area contributed by atoms with Crippen LogP contribution in [0.15, 0.2) is 66.7 Å². The summed E-state index contributed by atoms with van der Waals surface area (Å²) in [6.07, 6.45) is 0. The van der Waals surface area contributed by atoms with E-state index in [1.165, 1.54) is 12.7 Å². The molecule has 156 valence electrons. The largest absolute Gasteiger partial charge is 0.464 e. The lowest BCUT2D eigenvalue weighted by molar-refractivity contribution is 0.0342. The Kier molecular flexibility index (Phi) is 6.73. The van der Waals surface area contributed by atoms with Crippen LogP contribution in [0.1, 0.15) is 27.2 Å². The van der Waals surface area contributed by atoms with E-state index in [1.807, 2.05) is 30.3 Å². The number of hydrogen-bond acceptors (Lipinski definition) is 5. The van der Waals surface area contributed by atoms with Gasteiger partial charge in [-0.2, -0.15) is 0 Å². The summed E-state index contributed by atoms with van der Waals surface area (Å²) in [6, 6.07) is 21.6. The summed E-state index contributed by atoms with van der Waals surface area (Å²) < 4.78 is 10.1. The highest BCUT2D eigenvalue weighted by Crippen LogP contribution is 2.18. The van der Waals surface area contributed by atoms with Crippen molar-refractivity contribution in [2.24, 2.45) is 0 Å². The highest BCUT2D eigenvalue weighted by molar-refractivity contribution is 5.87. The molecule has 0 aliphatic carbocycles. The average Bonchev–Trinajstić information content (AvgIpc) is 2.84. The van der Waals surface area contributed by atoms with E-state index in [-0.39, 0.29) is 0 Å². The van der Waals surface area contributed by atoms with Crippen LogP contribution in [0, 0.1) is 11.8 Å². The molecule has 0 saturated carbocycles. The quantitative estimate of drug-likeness (QED) is 0.482. The van der Waals surface area contributed by atoms with Crippen molar-refractivity contribution in [3.05, 3.63) is 89.1 Å². The molecule has 31 heavy (non-hydrogen) atoms. The van der Waals surface area contributed by atoms with Gasteiger partial charge in [0.1, 0.15) is 5.69 Å². The van der Waals surface area contributed by atoms with Gasteiger partial charge in [-0.1, -0.05) is 42.2 Å². The fourth-order valence-corrected chi connectivity index (χ4v) is 3.39. The Bertz CT molecular complexity index is 1090. The molecule has 1 aromatic heterocycles. The summed E-state index contributed by atoms with van der Waals surface area (Å²) >= 11 is 0. The van der Waals surface area contributed by atoms with Crippen LogP contribution < -0.4 is 0 Å². The molecule has 0 bridgehead atoms. The molecule has 0 unspecified atom stereocenters. The van der Waals surface area contributed by atoms with E-state index in [1.54, 1.807) is 12.1 Å². The minimum Gasteiger partial charge on any atom is -0.464 e. The molecule has 2 aromatic carbocycles. The van der Waals surface area contributed by atoms with Gasteiger partial charge in [-0.15, -0.1) is 0 Å². The minimum absolute atomic E-state index is 0.293. The molecule has 5 heteroatoms. The third-order valence-corrected chi connectivity index (χ3v) is 5.14. The monoisotopic (exact) mass is 412 g/mol. The van der Waals surface area contributed by atoms with Crippen LogP contribution in [0.2, 0.25) is 0 Å². The van der Waals surface area contributed by atoms with E-state index in [0.29, 0.717) is 5.69 Å². The Morgan fingerprint density at radius 3 is 2.26 bits per heavy atom. The summed E-state index contributed by atoms with van der Waals surface area (Å²) in [5.74, 6) is 5.99. The molecular weight excluding hydrogens is 388 g/mol. The Morgan fingerprint density at radius 2 is 1.61 bits per heavy atom. The molecule has 1 fully saturated rings. The van der Waals surface area contributed by atoms with Crippen LogP contribution in [-0.2, 0) is 16.0 Å². The molecule has 3 aromatic rings. The summed E-state index contributed by atoms with van der Waals surface area (Å²) in [7, 11) is 1.35. The summed E-state index contributed by atoms with van der Waals surface area (Å²) in [6.45, 7) is 4.55. The smallest absolute Gasteiger partial charge is 0.356 e. The second-order valence-corrected chi connectivity index (χ2v) is 7.31. The van der Waals surface area contributed by atoms with Crippen molar-refractivity contribution < 1.29 is 14.3 Å². The number of carbonyl (C=O) groups excluding carboxylic acids is 1. The number of methoxy groups -OCH3 is 1. The molecule has 0 radical (unpaired) electrons. The van der Waals surface area contributed by atoms with Crippen LogP contribution in [0.5, 0.6) is 0 Å². The number of hydrogen-bond donors (Lipinski definition) is 0. The third-order valence-electron chi connectivity index (χ3n) is 5.14. The fourth-order valence-electron chi connectivity index (χ4n) is 3.39. The highest BCUT2D eigenvalue weighted by Gasteiger charge is 2.10. The Labute approximate surface area is 182 Å². The van der Waals surface area contributed by atoms with Gasteiger partial charge in [0, 0.05) is 36.3 Å². The Morgan fingerprint density at radius 1 is 0.968 bits per heavy atom. The zero-order chi connectivity index (χ0) is 21.5. The number of rotatable bonds is 4. The van der Waals surface area contributed by atoms with Gasteiger partial charge >= 0.3 is 5.97 Å². The second kappa shape index (κ2) is 10.0. The molecule has 4 rings (SSSR count). The summed E-state index contributed by atoms with van der Waals surface area (Å²) in [4.78, 5) is 18.5. The number of pyridine rings is 1. The number of carbonyl (C=O) groups is 1. The number of nitrogens with zero attached hydrogens (tertiary/aromatic N) is 2. The first-order chi connectivity index (χ1) is 15.2. The maximum atomic E-state index is 11.7. The SMILES string of the molecule is COC(=O)c1cccc(-c2ccc(C#Cc3ccc(CN4CCOCC4)cc3)cc2)n1. The van der Waals surface area contributed by atoms with E-state index < -0.39 is 5.97 Å². The van der Waals surface area contributed by atoms with Gasteiger partial charge in [0.25, 0.3) is 0 Å². The Balaban J connectivity index is 1.41. The van der Waals surface area contributed by atoms with Crippen molar-refractivity contribution in [3.63, 3.8) is 0 Å².